The zero-order valence-corrected chi connectivity index (χ0v) is 11.7. The molecule has 2 amide bonds. The number of para-hydroxylation sites is 1. The molecule has 1 aromatic carbocycles. The molecular formula is C15H22N2O2. The van der Waals surface area contributed by atoms with Gasteiger partial charge in [-0.2, -0.15) is 0 Å². The summed E-state index contributed by atoms with van der Waals surface area (Å²) in [6, 6.07) is 10.0. The van der Waals surface area contributed by atoms with Gasteiger partial charge < -0.3 is 14.5 Å². The van der Waals surface area contributed by atoms with Crippen molar-refractivity contribution in [3.8, 4) is 5.75 Å². The minimum absolute atomic E-state index is 0.113. The molecule has 0 atom stereocenters. The van der Waals surface area contributed by atoms with Crippen LogP contribution in [0.4, 0.5) is 4.79 Å². The fourth-order valence-corrected chi connectivity index (χ4v) is 2.30. The highest BCUT2D eigenvalue weighted by Crippen LogP contribution is 2.19. The van der Waals surface area contributed by atoms with Crippen LogP contribution >= 0.6 is 0 Å². The molecule has 1 saturated heterocycles. The van der Waals surface area contributed by atoms with E-state index in [1.807, 2.05) is 35.2 Å². The average molecular weight is 262 g/mol. The Balaban J connectivity index is 1.73. The number of carbonyl (C=O) groups is 1. The van der Waals surface area contributed by atoms with Crippen molar-refractivity contribution in [3.63, 3.8) is 0 Å². The van der Waals surface area contributed by atoms with Crippen molar-refractivity contribution in [2.45, 2.75) is 12.8 Å². The molecule has 1 aliphatic heterocycles. The van der Waals surface area contributed by atoms with Crippen LogP contribution in [0.3, 0.4) is 0 Å². The minimum atomic E-state index is 0.113. The van der Waals surface area contributed by atoms with Crippen LogP contribution in [-0.2, 0) is 0 Å². The van der Waals surface area contributed by atoms with Crippen LogP contribution in [0.2, 0.25) is 0 Å². The van der Waals surface area contributed by atoms with Crippen molar-refractivity contribution in [1.29, 1.82) is 0 Å². The summed E-state index contributed by atoms with van der Waals surface area (Å²) in [5.41, 5.74) is 0. The van der Waals surface area contributed by atoms with Crippen molar-refractivity contribution in [1.82, 2.24) is 9.80 Å². The largest absolute Gasteiger partial charge is 0.493 e. The number of piperidine rings is 1. The van der Waals surface area contributed by atoms with Gasteiger partial charge in [0.05, 0.1) is 6.61 Å². The number of benzene rings is 1. The summed E-state index contributed by atoms with van der Waals surface area (Å²) in [5.74, 6) is 1.47. The molecule has 19 heavy (non-hydrogen) atoms. The lowest BCUT2D eigenvalue weighted by Crippen LogP contribution is -2.44. The maximum atomic E-state index is 11.8. The zero-order valence-electron chi connectivity index (χ0n) is 11.7. The van der Waals surface area contributed by atoms with E-state index in [4.69, 9.17) is 4.74 Å². The summed E-state index contributed by atoms with van der Waals surface area (Å²) >= 11 is 0. The number of likely N-dealkylation sites (tertiary alicyclic amines) is 1. The van der Waals surface area contributed by atoms with Gasteiger partial charge in [0.15, 0.2) is 0 Å². The van der Waals surface area contributed by atoms with Crippen LogP contribution in [0.15, 0.2) is 30.3 Å². The van der Waals surface area contributed by atoms with Gasteiger partial charge in [-0.25, -0.2) is 4.79 Å². The first-order valence-electron chi connectivity index (χ1n) is 6.81. The Morgan fingerprint density at radius 2 is 1.89 bits per heavy atom. The number of hydrogen-bond acceptors (Lipinski definition) is 2. The lowest BCUT2D eigenvalue weighted by molar-refractivity contribution is 0.129. The van der Waals surface area contributed by atoms with E-state index in [0.717, 1.165) is 38.3 Å². The maximum absolute atomic E-state index is 11.8. The Hall–Kier alpha value is -1.71. The number of carbonyl (C=O) groups excluding carboxylic acids is 1. The number of urea groups is 1. The quantitative estimate of drug-likeness (QED) is 0.838. The minimum Gasteiger partial charge on any atom is -0.493 e. The Morgan fingerprint density at radius 1 is 1.26 bits per heavy atom. The van der Waals surface area contributed by atoms with Crippen molar-refractivity contribution in [3.05, 3.63) is 30.3 Å². The van der Waals surface area contributed by atoms with E-state index in [1.54, 1.807) is 19.0 Å². The van der Waals surface area contributed by atoms with Crippen molar-refractivity contribution in [2.75, 3.05) is 33.8 Å². The molecule has 0 aliphatic carbocycles. The topological polar surface area (TPSA) is 32.8 Å². The van der Waals surface area contributed by atoms with Gasteiger partial charge in [0.25, 0.3) is 0 Å². The van der Waals surface area contributed by atoms with E-state index < -0.39 is 0 Å². The second-order valence-electron chi connectivity index (χ2n) is 5.23. The van der Waals surface area contributed by atoms with Crippen LogP contribution in [0.25, 0.3) is 0 Å². The highest BCUT2D eigenvalue weighted by Gasteiger charge is 2.23. The highest BCUT2D eigenvalue weighted by molar-refractivity contribution is 5.73. The van der Waals surface area contributed by atoms with Crippen molar-refractivity contribution >= 4 is 6.03 Å². The molecule has 0 bridgehead atoms. The molecule has 0 unspecified atom stereocenters. The van der Waals surface area contributed by atoms with Crippen molar-refractivity contribution in [2.24, 2.45) is 5.92 Å². The Bertz CT molecular complexity index is 398. The molecule has 0 saturated carbocycles. The molecule has 104 valence electrons. The molecule has 1 aromatic rings. The molecule has 0 radical (unpaired) electrons. The first-order valence-corrected chi connectivity index (χ1v) is 6.81. The van der Waals surface area contributed by atoms with Gasteiger partial charge in [0.2, 0.25) is 0 Å². The van der Waals surface area contributed by atoms with E-state index in [2.05, 4.69) is 0 Å². The normalized spacial score (nSPS) is 16.2. The molecular weight excluding hydrogens is 240 g/mol. The van der Waals surface area contributed by atoms with E-state index in [0.29, 0.717) is 5.92 Å². The number of rotatable bonds is 3. The Labute approximate surface area is 115 Å². The van der Waals surface area contributed by atoms with E-state index in [-0.39, 0.29) is 6.03 Å². The molecule has 4 heteroatoms. The summed E-state index contributed by atoms with van der Waals surface area (Å²) in [6.07, 6.45) is 2.04. The second kappa shape index (κ2) is 6.45. The van der Waals surface area contributed by atoms with E-state index >= 15 is 0 Å². The predicted octanol–water partition coefficient (Wildman–Crippen LogP) is 2.46. The zero-order chi connectivity index (χ0) is 13.7. The molecule has 1 heterocycles. The summed E-state index contributed by atoms with van der Waals surface area (Å²) in [4.78, 5) is 15.4. The molecule has 1 fully saturated rings. The van der Waals surface area contributed by atoms with Crippen LogP contribution in [0.1, 0.15) is 12.8 Å². The molecule has 4 nitrogen and oxygen atoms in total. The predicted molar refractivity (Wildman–Crippen MR) is 75.3 cm³/mol. The number of amides is 2. The lowest BCUT2D eigenvalue weighted by Gasteiger charge is -2.33. The van der Waals surface area contributed by atoms with Gasteiger partial charge in [0.1, 0.15) is 5.75 Å². The number of hydrogen-bond donors (Lipinski definition) is 0. The van der Waals surface area contributed by atoms with Gasteiger partial charge in [-0.05, 0) is 30.9 Å². The van der Waals surface area contributed by atoms with Gasteiger partial charge in [-0.3, -0.25) is 0 Å². The molecule has 0 spiro atoms. The second-order valence-corrected chi connectivity index (χ2v) is 5.23. The van der Waals surface area contributed by atoms with Crippen LogP contribution in [0.5, 0.6) is 5.75 Å². The lowest BCUT2D eigenvalue weighted by atomic mass is 9.98. The molecule has 2 rings (SSSR count). The molecule has 0 aromatic heterocycles. The third-order valence-corrected chi connectivity index (χ3v) is 3.50. The van der Waals surface area contributed by atoms with Crippen molar-refractivity contribution < 1.29 is 9.53 Å². The van der Waals surface area contributed by atoms with Crippen LogP contribution in [-0.4, -0.2) is 49.6 Å². The van der Waals surface area contributed by atoms with Gasteiger partial charge >= 0.3 is 6.03 Å². The van der Waals surface area contributed by atoms with E-state index in [9.17, 15) is 4.79 Å². The SMILES string of the molecule is CN(C)C(=O)N1CCC(COc2ccccc2)CC1. The Morgan fingerprint density at radius 3 is 2.47 bits per heavy atom. The number of ether oxygens (including phenoxy) is 1. The fourth-order valence-electron chi connectivity index (χ4n) is 2.30. The maximum Gasteiger partial charge on any atom is 0.319 e. The van der Waals surface area contributed by atoms with Gasteiger partial charge in [-0.1, -0.05) is 18.2 Å². The fraction of sp³-hybridized carbons (Fsp3) is 0.533. The van der Waals surface area contributed by atoms with Gasteiger partial charge in [0, 0.05) is 27.2 Å². The van der Waals surface area contributed by atoms with E-state index in [1.165, 1.54) is 0 Å². The van der Waals surface area contributed by atoms with Gasteiger partial charge in [-0.15, -0.1) is 0 Å². The summed E-state index contributed by atoms with van der Waals surface area (Å²) in [7, 11) is 3.60. The third kappa shape index (κ3) is 3.88. The van der Waals surface area contributed by atoms with Crippen LogP contribution in [0, 0.1) is 5.92 Å². The highest BCUT2D eigenvalue weighted by atomic mass is 16.5. The smallest absolute Gasteiger partial charge is 0.319 e. The molecule has 0 N–H and O–H groups in total. The Kier molecular flexibility index (Phi) is 4.66. The average Bonchev–Trinajstić information content (AvgIpc) is 2.46. The monoisotopic (exact) mass is 262 g/mol. The summed E-state index contributed by atoms with van der Waals surface area (Å²) in [6.45, 7) is 2.41. The summed E-state index contributed by atoms with van der Waals surface area (Å²) < 4.78 is 5.77. The number of nitrogens with zero attached hydrogens (tertiary/aromatic N) is 2. The standard InChI is InChI=1S/C15H22N2O2/c1-16(2)15(18)17-10-8-13(9-11-17)12-19-14-6-4-3-5-7-14/h3-7,13H,8-12H2,1-2H3. The third-order valence-electron chi connectivity index (χ3n) is 3.50. The first kappa shape index (κ1) is 13.7. The summed E-state index contributed by atoms with van der Waals surface area (Å²) in [5, 5.41) is 0. The van der Waals surface area contributed by atoms with Crippen LogP contribution < -0.4 is 4.74 Å². The first-order chi connectivity index (χ1) is 9.16. The molecule has 1 aliphatic rings.